The van der Waals surface area contributed by atoms with Crippen LogP contribution in [0, 0.1) is 0 Å². The van der Waals surface area contributed by atoms with Gasteiger partial charge < -0.3 is 9.13 Å². The largest absolute Gasteiger partial charge is 0.309 e. The molecule has 0 bridgehead atoms. The molecule has 0 unspecified atom stereocenters. The van der Waals surface area contributed by atoms with Crippen molar-refractivity contribution in [3.05, 3.63) is 255 Å². The zero-order valence-electron chi connectivity index (χ0n) is 35.0. The normalized spacial score (nSPS) is 11.1. The Kier molecular flexibility index (Phi) is 10.2. The number of benzene rings is 7. The highest BCUT2D eigenvalue weighted by Crippen LogP contribution is 2.39. The molecule has 0 atom stereocenters. The van der Waals surface area contributed by atoms with Gasteiger partial charge in [-0.15, -0.1) is 0 Å². The summed E-state index contributed by atoms with van der Waals surface area (Å²) in [5, 5.41) is 0. The van der Waals surface area contributed by atoms with Crippen LogP contribution in [-0.4, -0.2) is 19.1 Å². The van der Waals surface area contributed by atoms with Gasteiger partial charge in [0.15, 0.2) is 0 Å². The van der Waals surface area contributed by atoms with Crippen molar-refractivity contribution in [1.29, 1.82) is 0 Å². The van der Waals surface area contributed by atoms with Crippen molar-refractivity contribution < 1.29 is 0 Å². The van der Waals surface area contributed by atoms with E-state index in [0.29, 0.717) is 0 Å². The Labute approximate surface area is 373 Å². The molecule has 11 rings (SSSR count). The van der Waals surface area contributed by atoms with Gasteiger partial charge in [-0.3, -0.25) is 0 Å². The molecule has 0 saturated carbocycles. The molecule has 0 spiro atoms. The maximum absolute atomic E-state index is 5.38. The summed E-state index contributed by atoms with van der Waals surface area (Å²) < 4.78 is 4.71. The van der Waals surface area contributed by atoms with Crippen molar-refractivity contribution in [1.82, 2.24) is 19.1 Å². The minimum Gasteiger partial charge on any atom is -0.309 e. The van der Waals surface area contributed by atoms with Crippen molar-refractivity contribution in [3.8, 4) is 101 Å². The lowest BCUT2D eigenvalue weighted by molar-refractivity contribution is 1.09. The Balaban J connectivity index is 1.08. The van der Waals surface area contributed by atoms with E-state index in [1.165, 1.54) is 0 Å². The quantitative estimate of drug-likeness (QED) is 0.138. The molecule has 7 aromatic carbocycles. The molecule has 0 aliphatic heterocycles. The van der Waals surface area contributed by atoms with Gasteiger partial charge in [0.1, 0.15) is 0 Å². The van der Waals surface area contributed by atoms with Crippen LogP contribution in [-0.2, 0) is 0 Å². The van der Waals surface area contributed by atoms with E-state index in [2.05, 4.69) is 264 Å². The van der Waals surface area contributed by atoms with Crippen LogP contribution in [0.2, 0.25) is 0 Å². The standard InChI is InChI=1S/C60H42N4/c1-7-20-43(21-8-1)53-39-49(59-36-34-57(45-24-11-3-12-25-45)63(59)51-30-15-5-16-31-51)41-55(61-53)47-28-19-29-48(38-47)56-42-50(40-54(62-56)44-22-9-2-10-23-44)60-37-35-58(46-26-13-4-14-27-46)64(60)52-32-17-6-18-33-52/h1-42H. The summed E-state index contributed by atoms with van der Waals surface area (Å²) in [6, 6.07) is 89.8. The van der Waals surface area contributed by atoms with E-state index in [-0.39, 0.29) is 0 Å². The molecule has 4 nitrogen and oxygen atoms in total. The van der Waals surface area contributed by atoms with Crippen LogP contribution in [0.4, 0.5) is 0 Å². The Morgan fingerprint density at radius 2 is 0.469 bits per heavy atom. The Hall–Kier alpha value is -8.60. The fourth-order valence-corrected chi connectivity index (χ4v) is 8.71. The lowest BCUT2D eigenvalue weighted by atomic mass is 9.99. The summed E-state index contributed by atoms with van der Waals surface area (Å²) >= 11 is 0. The predicted octanol–water partition coefficient (Wildman–Crippen LogP) is 15.4. The summed E-state index contributed by atoms with van der Waals surface area (Å²) in [5.41, 5.74) is 18.7. The summed E-state index contributed by atoms with van der Waals surface area (Å²) in [6.07, 6.45) is 0. The monoisotopic (exact) mass is 818 g/mol. The maximum Gasteiger partial charge on any atom is 0.0716 e. The molecule has 302 valence electrons. The molecule has 11 aromatic rings. The van der Waals surface area contributed by atoms with Crippen LogP contribution in [0.5, 0.6) is 0 Å². The molecule has 64 heavy (non-hydrogen) atoms. The first-order valence-electron chi connectivity index (χ1n) is 21.7. The van der Waals surface area contributed by atoms with E-state index in [4.69, 9.17) is 9.97 Å². The minimum absolute atomic E-state index is 0.880. The van der Waals surface area contributed by atoms with Gasteiger partial charge in [0, 0.05) is 44.8 Å². The zero-order valence-corrected chi connectivity index (χ0v) is 35.0. The molecule has 0 radical (unpaired) electrons. The van der Waals surface area contributed by atoms with Crippen LogP contribution < -0.4 is 0 Å². The van der Waals surface area contributed by atoms with Gasteiger partial charge in [0.05, 0.1) is 45.6 Å². The van der Waals surface area contributed by atoms with Gasteiger partial charge in [0.2, 0.25) is 0 Å². The first-order chi connectivity index (χ1) is 31.7. The van der Waals surface area contributed by atoms with Gasteiger partial charge >= 0.3 is 0 Å². The highest BCUT2D eigenvalue weighted by Gasteiger charge is 2.19. The van der Waals surface area contributed by atoms with Crippen molar-refractivity contribution in [2.75, 3.05) is 0 Å². The van der Waals surface area contributed by atoms with Crippen molar-refractivity contribution >= 4 is 0 Å². The second-order valence-electron chi connectivity index (χ2n) is 15.8. The zero-order chi connectivity index (χ0) is 42.7. The third-order valence-corrected chi connectivity index (χ3v) is 11.8. The molecule has 0 fully saturated rings. The molecular weight excluding hydrogens is 777 g/mol. The van der Waals surface area contributed by atoms with E-state index in [9.17, 15) is 0 Å². The average molecular weight is 819 g/mol. The van der Waals surface area contributed by atoms with Gasteiger partial charge in [0.25, 0.3) is 0 Å². The molecule has 4 aromatic heterocycles. The predicted molar refractivity (Wildman–Crippen MR) is 264 cm³/mol. The number of hydrogen-bond acceptors (Lipinski definition) is 2. The lowest BCUT2D eigenvalue weighted by Crippen LogP contribution is -2.00. The van der Waals surface area contributed by atoms with E-state index >= 15 is 0 Å². The number of hydrogen-bond donors (Lipinski definition) is 0. The van der Waals surface area contributed by atoms with E-state index in [1.807, 2.05) is 0 Å². The smallest absolute Gasteiger partial charge is 0.0716 e. The van der Waals surface area contributed by atoms with Crippen molar-refractivity contribution in [2.45, 2.75) is 0 Å². The molecule has 4 heterocycles. The second kappa shape index (κ2) is 17.0. The number of aromatic nitrogens is 4. The molecule has 0 N–H and O–H groups in total. The van der Waals surface area contributed by atoms with Gasteiger partial charge in [-0.2, -0.15) is 0 Å². The van der Waals surface area contributed by atoms with Crippen LogP contribution in [0.15, 0.2) is 255 Å². The summed E-state index contributed by atoms with van der Waals surface area (Å²) in [7, 11) is 0. The molecule has 0 aliphatic rings. The first kappa shape index (κ1) is 38.3. The Bertz CT molecular complexity index is 3110. The topological polar surface area (TPSA) is 35.6 Å². The number of pyridine rings is 2. The molecule has 0 amide bonds. The minimum atomic E-state index is 0.880. The summed E-state index contributed by atoms with van der Waals surface area (Å²) in [4.78, 5) is 10.8. The van der Waals surface area contributed by atoms with E-state index in [1.54, 1.807) is 0 Å². The van der Waals surface area contributed by atoms with Crippen LogP contribution in [0.1, 0.15) is 0 Å². The summed E-state index contributed by atoms with van der Waals surface area (Å²) in [6.45, 7) is 0. The van der Waals surface area contributed by atoms with E-state index < -0.39 is 0 Å². The number of para-hydroxylation sites is 2. The average Bonchev–Trinajstić information content (AvgIpc) is 4.04. The van der Waals surface area contributed by atoms with Crippen LogP contribution in [0.3, 0.4) is 0 Å². The fourth-order valence-electron chi connectivity index (χ4n) is 8.71. The number of rotatable bonds is 10. The van der Waals surface area contributed by atoms with Crippen LogP contribution in [0.25, 0.3) is 101 Å². The first-order valence-corrected chi connectivity index (χ1v) is 21.7. The number of nitrogens with zero attached hydrogens (tertiary/aromatic N) is 4. The van der Waals surface area contributed by atoms with Gasteiger partial charge in [-0.25, -0.2) is 9.97 Å². The van der Waals surface area contributed by atoms with E-state index in [0.717, 1.165) is 101 Å². The van der Waals surface area contributed by atoms with Crippen LogP contribution >= 0.6 is 0 Å². The lowest BCUT2D eigenvalue weighted by Gasteiger charge is -2.17. The molecular formula is C60H42N4. The SMILES string of the molecule is c1ccc(-c2cc(-c3ccc(-c4ccccc4)n3-c3ccccc3)cc(-c3cccc(-c4cc(-c5ccc(-c6ccccc6)n5-c5ccccc5)cc(-c5ccccc5)n4)c3)n2)cc1. The molecule has 0 saturated heterocycles. The Morgan fingerprint density at radius 3 is 0.812 bits per heavy atom. The Morgan fingerprint density at radius 1 is 0.203 bits per heavy atom. The third kappa shape index (κ3) is 7.55. The molecule has 0 aliphatic carbocycles. The summed E-state index contributed by atoms with van der Waals surface area (Å²) in [5.74, 6) is 0. The highest BCUT2D eigenvalue weighted by molar-refractivity contribution is 5.83. The van der Waals surface area contributed by atoms with Crippen molar-refractivity contribution in [3.63, 3.8) is 0 Å². The maximum atomic E-state index is 5.38. The van der Waals surface area contributed by atoms with Gasteiger partial charge in [-0.1, -0.05) is 176 Å². The third-order valence-electron chi connectivity index (χ3n) is 11.8. The highest BCUT2D eigenvalue weighted by atomic mass is 15.0. The molecule has 4 heteroatoms. The second-order valence-corrected chi connectivity index (χ2v) is 15.8. The van der Waals surface area contributed by atoms with Crippen molar-refractivity contribution in [2.24, 2.45) is 0 Å². The fraction of sp³-hybridized carbons (Fsp3) is 0. The van der Waals surface area contributed by atoms with Gasteiger partial charge in [-0.05, 0) is 90.0 Å².